The van der Waals surface area contributed by atoms with E-state index in [0.29, 0.717) is 13.0 Å². The van der Waals surface area contributed by atoms with E-state index in [1.807, 2.05) is 53.7 Å². The van der Waals surface area contributed by atoms with Crippen LogP contribution in [0.1, 0.15) is 12.0 Å². The molecule has 0 bridgehead atoms. The first-order valence-corrected chi connectivity index (χ1v) is 9.68. The Morgan fingerprint density at radius 3 is 2.70 bits per heavy atom. The van der Waals surface area contributed by atoms with Gasteiger partial charge in [0.25, 0.3) is 0 Å². The first-order chi connectivity index (χ1) is 13.1. The predicted molar refractivity (Wildman–Crippen MR) is 109 cm³/mol. The van der Waals surface area contributed by atoms with Crippen LogP contribution in [0, 0.1) is 6.92 Å². The molecule has 4 rings (SSSR count). The van der Waals surface area contributed by atoms with Crippen LogP contribution < -0.4 is 4.90 Å². The summed E-state index contributed by atoms with van der Waals surface area (Å²) in [7, 11) is 0. The van der Waals surface area contributed by atoms with Gasteiger partial charge < -0.3 is 14.4 Å². The highest BCUT2D eigenvalue weighted by molar-refractivity contribution is 6.30. The van der Waals surface area contributed by atoms with Gasteiger partial charge in [0, 0.05) is 49.9 Å². The van der Waals surface area contributed by atoms with Crippen molar-refractivity contribution in [3.63, 3.8) is 0 Å². The van der Waals surface area contributed by atoms with E-state index in [9.17, 15) is 4.79 Å². The van der Waals surface area contributed by atoms with Crippen molar-refractivity contribution in [1.82, 2.24) is 14.5 Å². The van der Waals surface area contributed by atoms with Crippen LogP contribution in [0.5, 0.6) is 0 Å². The van der Waals surface area contributed by atoms with Gasteiger partial charge >= 0.3 is 0 Å². The van der Waals surface area contributed by atoms with Gasteiger partial charge in [-0.15, -0.1) is 0 Å². The number of halogens is 1. The largest absolute Gasteiger partial charge is 0.368 e. The molecule has 0 aliphatic carbocycles. The van der Waals surface area contributed by atoms with Crippen molar-refractivity contribution in [3.05, 3.63) is 59.4 Å². The quantitative estimate of drug-likeness (QED) is 0.690. The second kappa shape index (κ2) is 7.61. The number of hydrogen-bond donors (Lipinski definition) is 0. The Balaban J connectivity index is 1.34. The van der Waals surface area contributed by atoms with Gasteiger partial charge in [-0.1, -0.05) is 29.8 Å². The monoisotopic (exact) mass is 382 g/mol. The number of aromatic nitrogens is 2. The lowest BCUT2D eigenvalue weighted by atomic mass is 10.1. The maximum absolute atomic E-state index is 12.6. The molecule has 0 radical (unpaired) electrons. The average Bonchev–Trinajstić information content (AvgIpc) is 3.11. The highest BCUT2D eigenvalue weighted by Gasteiger charge is 2.22. The number of hydrogen-bond acceptors (Lipinski definition) is 3. The molecule has 1 amide bonds. The van der Waals surface area contributed by atoms with E-state index in [1.165, 1.54) is 11.3 Å². The van der Waals surface area contributed by atoms with Gasteiger partial charge in [0.2, 0.25) is 5.91 Å². The average molecular weight is 383 g/mol. The molecule has 1 saturated heterocycles. The van der Waals surface area contributed by atoms with Gasteiger partial charge in [-0.25, -0.2) is 4.98 Å². The smallest absolute Gasteiger partial charge is 0.224 e. The van der Waals surface area contributed by atoms with Crippen molar-refractivity contribution in [2.75, 3.05) is 31.1 Å². The molecular weight excluding hydrogens is 360 g/mol. The molecule has 0 atom stereocenters. The van der Waals surface area contributed by atoms with E-state index in [0.717, 1.165) is 42.2 Å². The van der Waals surface area contributed by atoms with Crippen LogP contribution in [-0.4, -0.2) is 46.5 Å². The van der Waals surface area contributed by atoms with Crippen LogP contribution in [0.15, 0.2) is 48.8 Å². The number of carbonyl (C=O) groups excluding carboxylic acids is 1. The van der Waals surface area contributed by atoms with Crippen LogP contribution in [0.2, 0.25) is 5.02 Å². The molecule has 140 valence electrons. The molecule has 3 aromatic rings. The number of benzene rings is 2. The van der Waals surface area contributed by atoms with Crippen molar-refractivity contribution >= 4 is 34.2 Å². The Bertz CT molecular complexity index is 960. The van der Waals surface area contributed by atoms with Gasteiger partial charge in [0.1, 0.15) is 0 Å². The summed E-state index contributed by atoms with van der Waals surface area (Å²) in [5.74, 6) is 0.204. The molecule has 6 heteroatoms. The lowest BCUT2D eigenvalue weighted by Crippen LogP contribution is -2.49. The van der Waals surface area contributed by atoms with E-state index >= 15 is 0 Å². The molecule has 0 unspecified atom stereocenters. The Kier molecular flexibility index (Phi) is 5.03. The fourth-order valence-electron chi connectivity index (χ4n) is 3.68. The summed E-state index contributed by atoms with van der Waals surface area (Å²) < 4.78 is 2.05. The van der Waals surface area contributed by atoms with E-state index in [2.05, 4.69) is 21.4 Å². The third-order valence-corrected chi connectivity index (χ3v) is 5.47. The second-order valence-corrected chi connectivity index (χ2v) is 7.41. The Morgan fingerprint density at radius 2 is 1.89 bits per heavy atom. The molecule has 1 aliphatic rings. The first-order valence-electron chi connectivity index (χ1n) is 9.30. The molecule has 2 aromatic carbocycles. The molecule has 0 saturated carbocycles. The molecule has 1 aromatic heterocycles. The predicted octanol–water partition coefficient (Wildman–Crippen LogP) is 3.74. The molecule has 27 heavy (non-hydrogen) atoms. The number of carbonyl (C=O) groups is 1. The number of rotatable bonds is 4. The highest BCUT2D eigenvalue weighted by atomic mass is 35.5. The van der Waals surface area contributed by atoms with Gasteiger partial charge in [-0.3, -0.25) is 4.79 Å². The molecule has 1 aliphatic heterocycles. The number of amides is 1. The zero-order valence-electron chi connectivity index (χ0n) is 15.4. The van der Waals surface area contributed by atoms with Gasteiger partial charge in [0.15, 0.2) is 0 Å². The van der Waals surface area contributed by atoms with Crippen molar-refractivity contribution < 1.29 is 4.79 Å². The molecule has 0 spiro atoms. The summed E-state index contributed by atoms with van der Waals surface area (Å²) in [6.07, 6.45) is 2.31. The SMILES string of the molecule is Cc1ccc(Cl)cc1N1CCN(C(=O)CCn2cnc3ccccc32)CC1. The Hall–Kier alpha value is -2.53. The van der Waals surface area contributed by atoms with Gasteiger partial charge in [-0.05, 0) is 36.8 Å². The van der Waals surface area contributed by atoms with Crippen molar-refractivity contribution in [2.24, 2.45) is 0 Å². The molecule has 1 fully saturated rings. The minimum absolute atomic E-state index is 0.204. The van der Waals surface area contributed by atoms with Crippen molar-refractivity contribution in [2.45, 2.75) is 19.9 Å². The fourth-order valence-corrected chi connectivity index (χ4v) is 3.85. The van der Waals surface area contributed by atoms with Crippen molar-refractivity contribution in [3.8, 4) is 0 Å². The number of fused-ring (bicyclic) bond motifs is 1. The van der Waals surface area contributed by atoms with E-state index in [-0.39, 0.29) is 5.91 Å². The van der Waals surface area contributed by atoms with E-state index in [4.69, 9.17) is 11.6 Å². The maximum atomic E-state index is 12.6. The van der Waals surface area contributed by atoms with Crippen LogP contribution in [0.4, 0.5) is 5.69 Å². The Labute approximate surface area is 164 Å². The normalized spacial score (nSPS) is 14.7. The number of piperazine rings is 1. The van der Waals surface area contributed by atoms with E-state index in [1.54, 1.807) is 0 Å². The summed E-state index contributed by atoms with van der Waals surface area (Å²) in [5.41, 5.74) is 4.42. The van der Waals surface area contributed by atoms with Gasteiger partial charge in [0.05, 0.1) is 17.4 Å². The standard InChI is InChI=1S/C21H23ClN4O/c1-16-6-7-17(22)14-20(16)24-10-12-25(13-11-24)21(27)8-9-26-15-23-18-4-2-3-5-19(18)26/h2-7,14-15H,8-13H2,1H3. The van der Waals surface area contributed by atoms with E-state index < -0.39 is 0 Å². The van der Waals surface area contributed by atoms with Crippen LogP contribution in [-0.2, 0) is 11.3 Å². The number of anilines is 1. The highest BCUT2D eigenvalue weighted by Crippen LogP contribution is 2.25. The maximum Gasteiger partial charge on any atom is 0.224 e. The Morgan fingerprint density at radius 1 is 1.11 bits per heavy atom. The van der Waals surface area contributed by atoms with Crippen LogP contribution in [0.25, 0.3) is 11.0 Å². The lowest BCUT2D eigenvalue weighted by Gasteiger charge is -2.37. The first kappa shape index (κ1) is 17.9. The van der Waals surface area contributed by atoms with Crippen LogP contribution >= 0.6 is 11.6 Å². The topological polar surface area (TPSA) is 41.4 Å². The minimum Gasteiger partial charge on any atom is -0.368 e. The zero-order valence-corrected chi connectivity index (χ0v) is 16.2. The third kappa shape index (κ3) is 3.78. The summed E-state index contributed by atoms with van der Waals surface area (Å²) in [6, 6.07) is 14.0. The minimum atomic E-state index is 0.204. The fraction of sp³-hybridized carbons (Fsp3) is 0.333. The van der Waals surface area contributed by atoms with Crippen LogP contribution in [0.3, 0.4) is 0 Å². The summed E-state index contributed by atoms with van der Waals surface area (Å²) in [5, 5.41) is 0.752. The summed E-state index contributed by atoms with van der Waals surface area (Å²) in [4.78, 5) is 21.3. The van der Waals surface area contributed by atoms with Crippen molar-refractivity contribution in [1.29, 1.82) is 0 Å². The summed E-state index contributed by atoms with van der Waals surface area (Å²) in [6.45, 7) is 5.92. The molecular formula is C21H23ClN4O. The zero-order chi connectivity index (χ0) is 18.8. The molecule has 0 N–H and O–H groups in total. The molecule has 5 nitrogen and oxygen atoms in total. The number of aryl methyl sites for hydroxylation is 2. The number of nitrogens with zero attached hydrogens (tertiary/aromatic N) is 4. The molecule has 2 heterocycles. The number of imidazole rings is 1. The second-order valence-electron chi connectivity index (χ2n) is 6.98. The number of para-hydroxylation sites is 2. The lowest BCUT2D eigenvalue weighted by molar-refractivity contribution is -0.131. The van der Waals surface area contributed by atoms with Gasteiger partial charge in [-0.2, -0.15) is 0 Å². The summed E-state index contributed by atoms with van der Waals surface area (Å²) >= 11 is 6.15. The third-order valence-electron chi connectivity index (χ3n) is 5.24.